The van der Waals surface area contributed by atoms with Gasteiger partial charge in [0.2, 0.25) is 11.8 Å². The van der Waals surface area contributed by atoms with Gasteiger partial charge in [-0.05, 0) is 48.8 Å². The van der Waals surface area contributed by atoms with Crippen LogP contribution in [0.2, 0.25) is 0 Å². The minimum Gasteiger partial charge on any atom is -0.371 e. The highest BCUT2D eigenvalue weighted by atomic mass is 16.2. The Hall–Kier alpha value is -3.03. The van der Waals surface area contributed by atoms with E-state index in [1.54, 1.807) is 12.1 Å². The number of hydrogen-bond donors (Lipinski definition) is 1. The molecule has 1 aromatic carbocycles. The van der Waals surface area contributed by atoms with Crippen molar-refractivity contribution in [2.24, 2.45) is 11.3 Å². The Bertz CT molecular complexity index is 962. The van der Waals surface area contributed by atoms with E-state index in [0.29, 0.717) is 23.5 Å². The average molecular weight is 425 g/mol. The van der Waals surface area contributed by atoms with Gasteiger partial charge in [0.15, 0.2) is 0 Å². The van der Waals surface area contributed by atoms with E-state index in [0.717, 1.165) is 42.8 Å². The van der Waals surface area contributed by atoms with Crippen LogP contribution >= 0.6 is 0 Å². The Morgan fingerprint density at radius 3 is 2.35 bits per heavy atom. The highest BCUT2D eigenvalue weighted by molar-refractivity contribution is 6.23. The number of fused-ring (bicyclic) bond motifs is 1. The minimum absolute atomic E-state index is 0.0311. The standard InChI is InChI=1S/C23H27N3O5/c1-23(2,9-12-27)14-7-10-25(11-8-14)15-3-4-16-17(13-15)22(31)26(21(16)30)18-5-6-19(28)24-20(18)29/h3-4,12-14,18H,5-11H2,1-2H3,(H,24,28,29). The number of carbonyl (C=O) groups is 5. The van der Waals surface area contributed by atoms with Crippen LogP contribution in [0.3, 0.4) is 0 Å². The molecule has 2 fully saturated rings. The second-order valence-electron chi connectivity index (χ2n) is 9.30. The SMILES string of the molecule is CC(C)(CC=O)C1CCN(c2ccc3c(c2)C(=O)N(C2CCC(=O)NC2=O)C3=O)CC1. The van der Waals surface area contributed by atoms with Gasteiger partial charge in [0.1, 0.15) is 12.3 Å². The Morgan fingerprint density at radius 1 is 1.03 bits per heavy atom. The van der Waals surface area contributed by atoms with E-state index >= 15 is 0 Å². The van der Waals surface area contributed by atoms with E-state index in [4.69, 9.17) is 0 Å². The van der Waals surface area contributed by atoms with Gasteiger partial charge in [0.05, 0.1) is 11.1 Å². The predicted octanol–water partition coefficient (Wildman–Crippen LogP) is 1.92. The number of anilines is 1. The van der Waals surface area contributed by atoms with Crippen molar-refractivity contribution in [3.05, 3.63) is 29.3 Å². The molecule has 2 saturated heterocycles. The Kier molecular flexibility index (Phi) is 5.41. The van der Waals surface area contributed by atoms with Gasteiger partial charge in [-0.25, -0.2) is 0 Å². The van der Waals surface area contributed by atoms with Gasteiger partial charge in [-0.1, -0.05) is 13.8 Å². The van der Waals surface area contributed by atoms with Crippen molar-refractivity contribution in [1.82, 2.24) is 10.2 Å². The maximum absolute atomic E-state index is 13.0. The molecule has 1 aromatic rings. The lowest BCUT2D eigenvalue weighted by Gasteiger charge is -2.41. The number of imide groups is 2. The Morgan fingerprint density at radius 2 is 1.71 bits per heavy atom. The molecule has 0 aliphatic carbocycles. The number of piperidine rings is 2. The normalized spacial score (nSPS) is 22.6. The summed E-state index contributed by atoms with van der Waals surface area (Å²) >= 11 is 0. The zero-order valence-corrected chi connectivity index (χ0v) is 17.8. The lowest BCUT2D eigenvalue weighted by molar-refractivity contribution is -0.136. The van der Waals surface area contributed by atoms with E-state index in [1.165, 1.54) is 0 Å². The summed E-state index contributed by atoms with van der Waals surface area (Å²) in [5.41, 5.74) is 1.43. The first kappa shape index (κ1) is 21.2. The fourth-order valence-electron chi connectivity index (χ4n) is 4.96. The summed E-state index contributed by atoms with van der Waals surface area (Å²) in [7, 11) is 0. The molecule has 0 spiro atoms. The summed E-state index contributed by atoms with van der Waals surface area (Å²) in [4.78, 5) is 63.6. The highest BCUT2D eigenvalue weighted by Gasteiger charge is 2.45. The lowest BCUT2D eigenvalue weighted by Crippen LogP contribution is -2.54. The number of aldehydes is 1. The fourth-order valence-corrected chi connectivity index (χ4v) is 4.96. The third-order valence-electron chi connectivity index (χ3n) is 7.00. The Labute approximate surface area is 180 Å². The van der Waals surface area contributed by atoms with Gasteiger partial charge in [-0.2, -0.15) is 0 Å². The molecule has 3 aliphatic heterocycles. The molecule has 0 saturated carbocycles. The van der Waals surface area contributed by atoms with Gasteiger partial charge in [-0.3, -0.25) is 29.4 Å². The third kappa shape index (κ3) is 3.75. The van der Waals surface area contributed by atoms with E-state index in [-0.39, 0.29) is 24.2 Å². The summed E-state index contributed by atoms with van der Waals surface area (Å²) in [5, 5.41) is 2.21. The van der Waals surface area contributed by atoms with Crippen LogP contribution in [0.1, 0.15) is 66.7 Å². The second kappa shape index (κ2) is 7.90. The van der Waals surface area contributed by atoms with Gasteiger partial charge >= 0.3 is 0 Å². The first-order chi connectivity index (χ1) is 14.7. The molecule has 8 heteroatoms. The number of benzene rings is 1. The molecule has 3 heterocycles. The van der Waals surface area contributed by atoms with Crippen LogP contribution in [-0.2, 0) is 14.4 Å². The maximum atomic E-state index is 13.0. The molecule has 3 aliphatic rings. The molecule has 8 nitrogen and oxygen atoms in total. The van der Waals surface area contributed by atoms with Gasteiger partial charge in [0.25, 0.3) is 11.8 Å². The van der Waals surface area contributed by atoms with E-state index in [9.17, 15) is 24.0 Å². The molecule has 0 bridgehead atoms. The van der Waals surface area contributed by atoms with Crippen molar-refractivity contribution < 1.29 is 24.0 Å². The number of carbonyl (C=O) groups excluding carboxylic acids is 5. The smallest absolute Gasteiger partial charge is 0.262 e. The van der Waals surface area contributed by atoms with Gasteiger partial charge in [0, 0.05) is 31.6 Å². The molecule has 1 unspecified atom stereocenters. The summed E-state index contributed by atoms with van der Waals surface area (Å²) in [6.07, 6.45) is 3.69. The van der Waals surface area contributed by atoms with Crippen LogP contribution in [0.4, 0.5) is 5.69 Å². The van der Waals surface area contributed by atoms with E-state index in [1.807, 2.05) is 6.07 Å². The van der Waals surface area contributed by atoms with Crippen LogP contribution in [0, 0.1) is 11.3 Å². The average Bonchev–Trinajstić information content (AvgIpc) is 2.98. The number of hydrogen-bond acceptors (Lipinski definition) is 6. The second-order valence-corrected chi connectivity index (χ2v) is 9.30. The van der Waals surface area contributed by atoms with Gasteiger partial charge < -0.3 is 9.69 Å². The fraction of sp³-hybridized carbons (Fsp3) is 0.522. The number of nitrogens with one attached hydrogen (secondary N) is 1. The molecular formula is C23H27N3O5. The molecular weight excluding hydrogens is 398 g/mol. The number of nitrogens with zero attached hydrogens (tertiary/aromatic N) is 2. The van der Waals surface area contributed by atoms with Crippen LogP contribution in [-0.4, -0.2) is 53.9 Å². The minimum atomic E-state index is -0.954. The van der Waals surface area contributed by atoms with Crippen molar-refractivity contribution in [3.8, 4) is 0 Å². The molecule has 0 radical (unpaired) electrons. The molecule has 1 atom stereocenters. The van der Waals surface area contributed by atoms with E-state index < -0.39 is 23.8 Å². The quantitative estimate of drug-likeness (QED) is 0.571. The largest absolute Gasteiger partial charge is 0.371 e. The molecule has 4 rings (SSSR count). The topological polar surface area (TPSA) is 104 Å². The highest BCUT2D eigenvalue weighted by Crippen LogP contribution is 2.39. The number of rotatable bonds is 5. The Balaban J connectivity index is 1.50. The van der Waals surface area contributed by atoms with Crippen molar-refractivity contribution in [3.63, 3.8) is 0 Å². The molecule has 164 valence electrons. The third-order valence-corrected chi connectivity index (χ3v) is 7.00. The van der Waals surface area contributed by atoms with Gasteiger partial charge in [-0.15, -0.1) is 0 Å². The van der Waals surface area contributed by atoms with Crippen molar-refractivity contribution >= 4 is 35.6 Å². The monoisotopic (exact) mass is 425 g/mol. The summed E-state index contributed by atoms with van der Waals surface area (Å²) in [6, 6.07) is 4.27. The summed E-state index contributed by atoms with van der Waals surface area (Å²) in [5.74, 6) is -1.52. The van der Waals surface area contributed by atoms with Crippen LogP contribution in [0.15, 0.2) is 18.2 Å². The van der Waals surface area contributed by atoms with Crippen LogP contribution in [0.25, 0.3) is 0 Å². The van der Waals surface area contributed by atoms with E-state index in [2.05, 4.69) is 24.1 Å². The molecule has 0 aromatic heterocycles. The maximum Gasteiger partial charge on any atom is 0.262 e. The zero-order valence-electron chi connectivity index (χ0n) is 17.8. The van der Waals surface area contributed by atoms with Crippen LogP contribution < -0.4 is 10.2 Å². The summed E-state index contributed by atoms with van der Waals surface area (Å²) in [6.45, 7) is 5.88. The first-order valence-corrected chi connectivity index (χ1v) is 10.8. The predicted molar refractivity (Wildman–Crippen MR) is 113 cm³/mol. The molecule has 31 heavy (non-hydrogen) atoms. The van der Waals surface area contributed by atoms with Crippen LogP contribution in [0.5, 0.6) is 0 Å². The van der Waals surface area contributed by atoms with Crippen molar-refractivity contribution in [2.45, 2.75) is 52.0 Å². The molecule has 4 amide bonds. The number of amides is 4. The van der Waals surface area contributed by atoms with Crippen molar-refractivity contribution in [1.29, 1.82) is 0 Å². The zero-order chi connectivity index (χ0) is 22.3. The molecule has 1 N–H and O–H groups in total. The lowest BCUT2D eigenvalue weighted by atomic mass is 9.72. The first-order valence-electron chi connectivity index (χ1n) is 10.8. The van der Waals surface area contributed by atoms with Crippen molar-refractivity contribution in [2.75, 3.05) is 18.0 Å². The summed E-state index contributed by atoms with van der Waals surface area (Å²) < 4.78 is 0.